The van der Waals surface area contributed by atoms with Crippen LogP contribution in [0.2, 0.25) is 0 Å². The molecule has 0 aromatic heterocycles. The molecule has 0 saturated carbocycles. The van der Waals surface area contributed by atoms with Gasteiger partial charge in [0.1, 0.15) is 5.75 Å². The largest absolute Gasteiger partial charge is 0.480 e. The van der Waals surface area contributed by atoms with Crippen LogP contribution in [0.3, 0.4) is 0 Å². The summed E-state index contributed by atoms with van der Waals surface area (Å²) in [5, 5.41) is 6.22. The number of para-hydroxylation sites is 2. The molecule has 0 spiro atoms. The number of hydrogen-bond acceptors (Lipinski definition) is 3. The third kappa shape index (κ3) is 4.88. The van der Waals surface area contributed by atoms with Crippen molar-refractivity contribution in [2.24, 2.45) is 0 Å². The number of carbonyl (C=O) groups excluding carboxylic acids is 1. The number of anilines is 3. The molecule has 1 amide bonds. The van der Waals surface area contributed by atoms with E-state index in [1.807, 2.05) is 86.6 Å². The third-order valence-corrected chi connectivity index (χ3v) is 4.29. The number of rotatable bonds is 6. The number of aryl methyl sites for hydroxylation is 2. The molecule has 0 aliphatic rings. The Labute approximate surface area is 160 Å². The molecule has 4 nitrogen and oxygen atoms in total. The van der Waals surface area contributed by atoms with Crippen LogP contribution in [-0.4, -0.2) is 12.0 Å². The summed E-state index contributed by atoms with van der Waals surface area (Å²) < 4.78 is 5.89. The molecule has 0 heterocycles. The highest BCUT2D eigenvalue weighted by Crippen LogP contribution is 2.24. The standard InChI is InChI=1S/C23H24N2O2/c1-16-8-7-9-17(2)22(16)27-18(3)23(26)25-21-14-12-20(13-15-21)24-19-10-5-4-6-11-19/h4-15,18,24H,1-3H3,(H,25,26). The summed E-state index contributed by atoms with van der Waals surface area (Å²) in [6.07, 6.45) is -0.591. The van der Waals surface area contributed by atoms with Crippen molar-refractivity contribution in [3.05, 3.63) is 83.9 Å². The number of carbonyl (C=O) groups is 1. The second kappa shape index (κ2) is 8.41. The fourth-order valence-corrected chi connectivity index (χ4v) is 2.78. The Bertz CT molecular complexity index is 885. The van der Waals surface area contributed by atoms with E-state index in [1.165, 1.54) is 0 Å². The first kappa shape index (κ1) is 18.5. The second-order valence-corrected chi connectivity index (χ2v) is 6.54. The summed E-state index contributed by atoms with van der Waals surface area (Å²) in [7, 11) is 0. The van der Waals surface area contributed by atoms with E-state index < -0.39 is 6.10 Å². The van der Waals surface area contributed by atoms with Crippen LogP contribution in [-0.2, 0) is 4.79 Å². The molecule has 0 aliphatic heterocycles. The molecule has 2 N–H and O–H groups in total. The van der Waals surface area contributed by atoms with Gasteiger partial charge in [0, 0.05) is 17.1 Å². The number of benzene rings is 3. The van der Waals surface area contributed by atoms with Crippen LogP contribution < -0.4 is 15.4 Å². The normalized spacial score (nSPS) is 11.5. The SMILES string of the molecule is Cc1cccc(C)c1OC(C)C(=O)Nc1ccc(Nc2ccccc2)cc1. The lowest BCUT2D eigenvalue weighted by molar-refractivity contribution is -0.122. The van der Waals surface area contributed by atoms with E-state index in [0.717, 1.165) is 33.9 Å². The van der Waals surface area contributed by atoms with Gasteiger partial charge in [0.2, 0.25) is 0 Å². The van der Waals surface area contributed by atoms with Gasteiger partial charge in [-0.05, 0) is 68.3 Å². The fourth-order valence-electron chi connectivity index (χ4n) is 2.78. The molecular weight excluding hydrogens is 336 g/mol. The van der Waals surface area contributed by atoms with Gasteiger partial charge in [-0.25, -0.2) is 0 Å². The summed E-state index contributed by atoms with van der Waals surface area (Å²) in [5.41, 5.74) is 4.75. The van der Waals surface area contributed by atoms with Gasteiger partial charge in [0.05, 0.1) is 0 Å². The summed E-state index contributed by atoms with van der Waals surface area (Å²) in [6.45, 7) is 5.71. The predicted octanol–water partition coefficient (Wildman–Crippen LogP) is 5.45. The zero-order valence-electron chi connectivity index (χ0n) is 15.8. The van der Waals surface area contributed by atoms with Crippen molar-refractivity contribution < 1.29 is 9.53 Å². The second-order valence-electron chi connectivity index (χ2n) is 6.54. The quantitative estimate of drug-likeness (QED) is 0.614. The van der Waals surface area contributed by atoms with Crippen molar-refractivity contribution in [3.8, 4) is 5.75 Å². The molecule has 1 atom stereocenters. The first-order chi connectivity index (χ1) is 13.0. The highest BCUT2D eigenvalue weighted by atomic mass is 16.5. The van der Waals surface area contributed by atoms with E-state index in [4.69, 9.17) is 4.74 Å². The smallest absolute Gasteiger partial charge is 0.265 e. The minimum Gasteiger partial charge on any atom is -0.480 e. The Morgan fingerprint density at radius 2 is 1.33 bits per heavy atom. The average molecular weight is 360 g/mol. The van der Waals surface area contributed by atoms with Crippen molar-refractivity contribution in [1.29, 1.82) is 0 Å². The van der Waals surface area contributed by atoms with Crippen LogP contribution in [0.1, 0.15) is 18.1 Å². The molecule has 0 saturated heterocycles. The Balaban J connectivity index is 1.60. The molecule has 3 aromatic rings. The van der Waals surface area contributed by atoms with Crippen molar-refractivity contribution >= 4 is 23.0 Å². The third-order valence-electron chi connectivity index (χ3n) is 4.29. The van der Waals surface area contributed by atoms with Crippen LogP contribution in [0.15, 0.2) is 72.8 Å². The first-order valence-electron chi connectivity index (χ1n) is 8.99. The van der Waals surface area contributed by atoms with Crippen LogP contribution in [0.4, 0.5) is 17.1 Å². The molecule has 3 aromatic carbocycles. The van der Waals surface area contributed by atoms with Crippen molar-refractivity contribution in [3.63, 3.8) is 0 Å². The van der Waals surface area contributed by atoms with Gasteiger partial charge in [-0.2, -0.15) is 0 Å². The highest BCUT2D eigenvalue weighted by molar-refractivity contribution is 5.94. The van der Waals surface area contributed by atoms with Gasteiger partial charge < -0.3 is 15.4 Å². The number of nitrogens with one attached hydrogen (secondary N) is 2. The van der Waals surface area contributed by atoms with E-state index >= 15 is 0 Å². The van der Waals surface area contributed by atoms with Crippen LogP contribution in [0.25, 0.3) is 0 Å². The van der Waals surface area contributed by atoms with E-state index in [9.17, 15) is 4.79 Å². The monoisotopic (exact) mass is 360 g/mol. The van der Waals surface area contributed by atoms with Gasteiger partial charge >= 0.3 is 0 Å². The maximum atomic E-state index is 12.5. The Hall–Kier alpha value is -3.27. The van der Waals surface area contributed by atoms with Crippen LogP contribution in [0.5, 0.6) is 5.75 Å². The van der Waals surface area contributed by atoms with E-state index in [1.54, 1.807) is 6.92 Å². The van der Waals surface area contributed by atoms with Crippen molar-refractivity contribution in [2.75, 3.05) is 10.6 Å². The van der Waals surface area contributed by atoms with Gasteiger partial charge in [0.25, 0.3) is 5.91 Å². The maximum absolute atomic E-state index is 12.5. The van der Waals surface area contributed by atoms with E-state index in [0.29, 0.717) is 0 Å². The van der Waals surface area contributed by atoms with E-state index in [2.05, 4.69) is 10.6 Å². The molecule has 0 fully saturated rings. The minimum atomic E-state index is -0.591. The lowest BCUT2D eigenvalue weighted by atomic mass is 10.1. The molecule has 27 heavy (non-hydrogen) atoms. The molecule has 1 unspecified atom stereocenters. The molecule has 0 radical (unpaired) electrons. The molecule has 0 bridgehead atoms. The lowest BCUT2D eigenvalue weighted by Crippen LogP contribution is -2.30. The highest BCUT2D eigenvalue weighted by Gasteiger charge is 2.17. The lowest BCUT2D eigenvalue weighted by Gasteiger charge is -2.18. The number of amides is 1. The molecule has 3 rings (SSSR count). The number of ether oxygens (including phenoxy) is 1. The zero-order chi connectivity index (χ0) is 19.2. The summed E-state index contributed by atoms with van der Waals surface area (Å²) >= 11 is 0. The maximum Gasteiger partial charge on any atom is 0.265 e. The van der Waals surface area contributed by atoms with Gasteiger partial charge in [-0.15, -0.1) is 0 Å². The van der Waals surface area contributed by atoms with E-state index in [-0.39, 0.29) is 5.91 Å². The number of hydrogen-bond donors (Lipinski definition) is 2. The minimum absolute atomic E-state index is 0.179. The Kier molecular flexibility index (Phi) is 5.77. The Morgan fingerprint density at radius 1 is 0.778 bits per heavy atom. The summed E-state index contributed by atoms with van der Waals surface area (Å²) in [5.74, 6) is 0.587. The average Bonchev–Trinajstić information content (AvgIpc) is 2.67. The van der Waals surface area contributed by atoms with Crippen LogP contribution in [0, 0.1) is 13.8 Å². The summed E-state index contributed by atoms with van der Waals surface area (Å²) in [4.78, 5) is 12.5. The first-order valence-corrected chi connectivity index (χ1v) is 8.99. The van der Waals surface area contributed by atoms with Gasteiger partial charge in [-0.3, -0.25) is 4.79 Å². The Morgan fingerprint density at radius 3 is 1.96 bits per heavy atom. The fraction of sp³-hybridized carbons (Fsp3) is 0.174. The topological polar surface area (TPSA) is 50.4 Å². The van der Waals surface area contributed by atoms with Crippen LogP contribution >= 0.6 is 0 Å². The summed E-state index contributed by atoms with van der Waals surface area (Å²) in [6, 6.07) is 23.5. The van der Waals surface area contributed by atoms with Crippen molar-refractivity contribution in [2.45, 2.75) is 26.9 Å². The van der Waals surface area contributed by atoms with Crippen molar-refractivity contribution in [1.82, 2.24) is 0 Å². The molecule has 4 heteroatoms. The predicted molar refractivity (Wildman–Crippen MR) is 111 cm³/mol. The van der Waals surface area contributed by atoms with Gasteiger partial charge in [-0.1, -0.05) is 36.4 Å². The van der Waals surface area contributed by atoms with Gasteiger partial charge in [0.15, 0.2) is 6.10 Å². The molecule has 138 valence electrons. The zero-order valence-corrected chi connectivity index (χ0v) is 15.8. The molecular formula is C23H24N2O2. The molecule has 0 aliphatic carbocycles.